The van der Waals surface area contributed by atoms with Gasteiger partial charge >= 0.3 is 0 Å². The van der Waals surface area contributed by atoms with Gasteiger partial charge in [-0.3, -0.25) is 14.0 Å². The van der Waals surface area contributed by atoms with Gasteiger partial charge in [0, 0.05) is 62.3 Å². The lowest BCUT2D eigenvalue weighted by atomic mass is 9.94. The van der Waals surface area contributed by atoms with Crippen LogP contribution in [0.5, 0.6) is 5.75 Å². The number of carbonyl (C=O) groups excluding carboxylic acids is 2. The van der Waals surface area contributed by atoms with E-state index in [1.54, 1.807) is 58.2 Å². The van der Waals surface area contributed by atoms with Crippen molar-refractivity contribution >= 4 is 40.6 Å². The van der Waals surface area contributed by atoms with Gasteiger partial charge in [-0.05, 0) is 49.2 Å². The summed E-state index contributed by atoms with van der Waals surface area (Å²) in [7, 11) is 1.42. The van der Waals surface area contributed by atoms with Crippen molar-refractivity contribution in [2.24, 2.45) is 11.7 Å². The largest absolute Gasteiger partial charge is 0.494 e. The lowest BCUT2D eigenvalue weighted by molar-refractivity contribution is -0.144. The Balaban J connectivity index is 1.11. The van der Waals surface area contributed by atoms with Crippen molar-refractivity contribution in [3.63, 3.8) is 0 Å². The van der Waals surface area contributed by atoms with Gasteiger partial charge in [0.1, 0.15) is 0 Å². The zero-order chi connectivity index (χ0) is 30.8. The molecule has 11 nitrogen and oxygen atoms in total. The first-order chi connectivity index (χ1) is 21.4. The topological polar surface area (TPSA) is 127 Å². The molecule has 2 fully saturated rings. The quantitative estimate of drug-likeness (QED) is 0.317. The molecule has 4 heterocycles. The number of benzene rings is 2. The zero-order valence-corrected chi connectivity index (χ0v) is 25.0. The Labute approximate surface area is 258 Å². The summed E-state index contributed by atoms with van der Waals surface area (Å²) in [5.74, 6) is -0.0328. The predicted molar refractivity (Wildman–Crippen MR) is 164 cm³/mol. The Morgan fingerprint density at radius 2 is 1.95 bits per heavy atom. The Hall–Kier alpha value is -4.26. The van der Waals surface area contributed by atoms with Crippen molar-refractivity contribution < 1.29 is 23.5 Å². The monoisotopic (exact) mass is 621 g/mol. The number of nitrogens with one attached hydrogen (secondary N) is 1. The molecule has 2 aliphatic rings. The summed E-state index contributed by atoms with van der Waals surface area (Å²) in [6.45, 7) is 2.91. The molecule has 4 aromatic rings. The van der Waals surface area contributed by atoms with Crippen LogP contribution in [-0.2, 0) is 9.53 Å². The van der Waals surface area contributed by atoms with Crippen molar-refractivity contribution in [2.75, 3.05) is 51.8 Å². The Kier molecular flexibility index (Phi) is 8.65. The highest BCUT2D eigenvalue weighted by Gasteiger charge is 2.33. The second kappa shape index (κ2) is 12.8. The van der Waals surface area contributed by atoms with Crippen LogP contribution in [0.3, 0.4) is 0 Å². The lowest BCUT2D eigenvalue weighted by Crippen LogP contribution is -2.51. The number of ether oxygens (including phenoxy) is 2. The summed E-state index contributed by atoms with van der Waals surface area (Å²) >= 11 is 6.60. The van der Waals surface area contributed by atoms with Crippen LogP contribution in [0, 0.1) is 11.7 Å². The number of carbonyl (C=O) groups is 2. The minimum Gasteiger partial charge on any atom is -0.494 e. The molecule has 1 atom stereocenters. The number of nitrogens with zero attached hydrogens (tertiary/aromatic N) is 5. The third-order valence-electron chi connectivity index (χ3n) is 8.18. The first kappa shape index (κ1) is 29.8. The molecule has 6 rings (SSSR count). The number of methoxy groups -OCH3 is 1. The zero-order valence-electron chi connectivity index (χ0n) is 24.2. The van der Waals surface area contributed by atoms with E-state index in [1.165, 1.54) is 13.2 Å². The molecule has 2 aromatic carbocycles. The van der Waals surface area contributed by atoms with E-state index in [1.807, 2.05) is 4.90 Å². The molecule has 2 saturated heterocycles. The van der Waals surface area contributed by atoms with Crippen LogP contribution >= 0.6 is 11.6 Å². The second-order valence-electron chi connectivity index (χ2n) is 10.9. The molecule has 44 heavy (non-hydrogen) atoms. The minimum atomic E-state index is -0.469. The van der Waals surface area contributed by atoms with Gasteiger partial charge in [-0.15, -0.1) is 0 Å². The highest BCUT2D eigenvalue weighted by molar-refractivity contribution is 6.34. The SMILES string of the molecule is COc1ccc(-c2cnc3c(Nc4ccc(C(=O)N5CCC(C(=O)N6CCOC(CN)C6)CC5)c(Cl)c4)nccn23)cc1F. The molecule has 0 aliphatic carbocycles. The van der Waals surface area contributed by atoms with E-state index >= 15 is 0 Å². The van der Waals surface area contributed by atoms with Crippen LogP contribution in [0.1, 0.15) is 23.2 Å². The van der Waals surface area contributed by atoms with Gasteiger partial charge < -0.3 is 30.3 Å². The number of rotatable bonds is 7. The third kappa shape index (κ3) is 5.92. The molecular formula is C31H33ClFN7O4. The standard InChI is InChI=1S/C31H33ClFN7O4/c1-43-27-5-2-20(14-25(27)33)26-17-36-29-28(35-8-11-40(26)29)37-21-3-4-23(24(32)15-21)31(42)38-9-6-19(7-10-38)30(41)39-12-13-44-22(16-34)18-39/h2-5,8,11,14-15,17,19,22H,6-7,9-10,12-13,16,18,34H2,1H3,(H,35,37). The second-order valence-corrected chi connectivity index (χ2v) is 11.3. The van der Waals surface area contributed by atoms with E-state index in [9.17, 15) is 14.0 Å². The van der Waals surface area contributed by atoms with Gasteiger partial charge in [0.05, 0.1) is 42.3 Å². The molecule has 2 aliphatic heterocycles. The molecule has 13 heteroatoms. The fraction of sp³-hybridized carbons (Fsp3) is 0.355. The molecule has 0 radical (unpaired) electrons. The van der Waals surface area contributed by atoms with E-state index in [2.05, 4.69) is 15.3 Å². The number of halogens is 2. The van der Waals surface area contributed by atoms with Gasteiger partial charge in [0.15, 0.2) is 23.0 Å². The summed E-state index contributed by atoms with van der Waals surface area (Å²) in [5.41, 5.74) is 8.58. The first-order valence-electron chi connectivity index (χ1n) is 14.5. The molecule has 2 amide bonds. The number of likely N-dealkylation sites (tertiary alicyclic amines) is 1. The average Bonchev–Trinajstić information content (AvgIpc) is 3.49. The van der Waals surface area contributed by atoms with Gasteiger partial charge in [-0.2, -0.15) is 0 Å². The van der Waals surface area contributed by atoms with Crippen molar-refractivity contribution in [1.82, 2.24) is 24.2 Å². The fourth-order valence-corrected chi connectivity index (χ4v) is 6.03. The summed E-state index contributed by atoms with van der Waals surface area (Å²) in [5, 5.41) is 3.52. The molecule has 2 aromatic heterocycles. The number of hydrogen-bond acceptors (Lipinski definition) is 8. The molecule has 0 spiro atoms. The summed E-state index contributed by atoms with van der Waals surface area (Å²) < 4.78 is 26.8. The number of anilines is 2. The van der Waals surface area contributed by atoms with Crippen LogP contribution in [-0.4, -0.2) is 88.5 Å². The van der Waals surface area contributed by atoms with Crippen molar-refractivity contribution in [1.29, 1.82) is 0 Å². The van der Waals surface area contributed by atoms with Gasteiger partial charge in [0.25, 0.3) is 5.91 Å². The van der Waals surface area contributed by atoms with E-state index in [0.717, 1.165) is 0 Å². The van der Waals surface area contributed by atoms with Crippen LogP contribution in [0.4, 0.5) is 15.9 Å². The number of piperidine rings is 1. The lowest BCUT2D eigenvalue weighted by Gasteiger charge is -2.37. The van der Waals surface area contributed by atoms with E-state index in [-0.39, 0.29) is 29.6 Å². The Morgan fingerprint density at radius 3 is 2.68 bits per heavy atom. The van der Waals surface area contributed by atoms with Crippen molar-refractivity contribution in [2.45, 2.75) is 18.9 Å². The summed E-state index contributed by atoms with van der Waals surface area (Å²) in [6.07, 6.45) is 6.07. The summed E-state index contributed by atoms with van der Waals surface area (Å²) in [4.78, 5) is 38.9. The predicted octanol–water partition coefficient (Wildman–Crippen LogP) is 3.98. The molecule has 0 bridgehead atoms. The van der Waals surface area contributed by atoms with Crippen LogP contribution < -0.4 is 15.8 Å². The van der Waals surface area contributed by atoms with Gasteiger partial charge in [-0.25, -0.2) is 14.4 Å². The number of aromatic nitrogens is 3. The van der Waals surface area contributed by atoms with E-state index in [0.29, 0.717) is 91.2 Å². The highest BCUT2D eigenvalue weighted by Crippen LogP contribution is 2.30. The van der Waals surface area contributed by atoms with Gasteiger partial charge in [0.2, 0.25) is 5.91 Å². The van der Waals surface area contributed by atoms with Crippen LogP contribution in [0.25, 0.3) is 16.9 Å². The van der Waals surface area contributed by atoms with Crippen molar-refractivity contribution in [3.05, 3.63) is 71.4 Å². The number of hydrogen-bond donors (Lipinski definition) is 2. The molecule has 3 N–H and O–H groups in total. The average molecular weight is 622 g/mol. The molecular weight excluding hydrogens is 589 g/mol. The normalized spacial score (nSPS) is 17.6. The maximum absolute atomic E-state index is 14.4. The Bertz CT molecular complexity index is 1690. The smallest absolute Gasteiger partial charge is 0.255 e. The number of fused-ring (bicyclic) bond motifs is 1. The van der Waals surface area contributed by atoms with Crippen LogP contribution in [0.15, 0.2) is 55.0 Å². The minimum absolute atomic E-state index is 0.108. The highest BCUT2D eigenvalue weighted by atomic mass is 35.5. The number of morpholine rings is 1. The molecule has 1 unspecified atom stereocenters. The summed E-state index contributed by atoms with van der Waals surface area (Å²) in [6, 6.07) is 9.84. The number of amides is 2. The number of nitrogens with two attached hydrogens (primary N) is 1. The van der Waals surface area contributed by atoms with E-state index < -0.39 is 5.82 Å². The maximum Gasteiger partial charge on any atom is 0.255 e. The van der Waals surface area contributed by atoms with Gasteiger partial charge in [-0.1, -0.05) is 11.6 Å². The van der Waals surface area contributed by atoms with Crippen LogP contribution in [0.2, 0.25) is 5.02 Å². The molecule has 230 valence electrons. The third-order valence-corrected chi connectivity index (χ3v) is 8.50. The maximum atomic E-state index is 14.4. The Morgan fingerprint density at radius 1 is 1.14 bits per heavy atom. The number of imidazole rings is 1. The first-order valence-corrected chi connectivity index (χ1v) is 14.9. The fourth-order valence-electron chi connectivity index (χ4n) is 5.77. The molecule has 0 saturated carbocycles. The van der Waals surface area contributed by atoms with E-state index in [4.69, 9.17) is 26.8 Å². The van der Waals surface area contributed by atoms with Crippen molar-refractivity contribution in [3.8, 4) is 17.0 Å².